The van der Waals surface area contributed by atoms with E-state index in [1.165, 1.54) is 4.90 Å². The molecule has 2 N–H and O–H groups in total. The molecule has 0 atom stereocenters. The number of hydrogen-bond acceptors (Lipinski definition) is 4. The van der Waals surface area contributed by atoms with E-state index in [1.807, 2.05) is 19.1 Å². The van der Waals surface area contributed by atoms with Crippen LogP contribution in [-0.2, 0) is 11.3 Å². The van der Waals surface area contributed by atoms with Gasteiger partial charge in [-0.25, -0.2) is 4.79 Å². The van der Waals surface area contributed by atoms with Gasteiger partial charge < -0.3 is 20.3 Å². The molecule has 0 saturated carbocycles. The minimum atomic E-state index is -0.360. The van der Waals surface area contributed by atoms with E-state index in [2.05, 4.69) is 15.6 Å². The molecule has 0 bridgehead atoms. The van der Waals surface area contributed by atoms with Crippen LogP contribution in [0.4, 0.5) is 10.5 Å². The fraction of sp³-hybridized carbons (Fsp3) is 0.278. The Bertz CT molecular complexity index is 796. The van der Waals surface area contributed by atoms with Crippen molar-refractivity contribution in [3.8, 4) is 5.75 Å². The number of aromatic nitrogens is 1. The molecule has 1 aromatic carbocycles. The van der Waals surface area contributed by atoms with Crippen LogP contribution >= 0.6 is 11.6 Å². The summed E-state index contributed by atoms with van der Waals surface area (Å²) in [4.78, 5) is 29.2. The van der Waals surface area contributed by atoms with Crippen LogP contribution in [0.25, 0.3) is 0 Å². The Morgan fingerprint density at radius 2 is 2.04 bits per heavy atom. The maximum atomic E-state index is 12.0. The second-order valence-electron chi connectivity index (χ2n) is 5.78. The molecular weight excluding hydrogens is 356 g/mol. The molecule has 0 aliphatic rings. The number of ether oxygens (including phenoxy) is 1. The molecule has 2 aromatic rings. The summed E-state index contributed by atoms with van der Waals surface area (Å²) in [6, 6.07) is 8.18. The summed E-state index contributed by atoms with van der Waals surface area (Å²) in [6.07, 6.45) is 1.70. The third kappa shape index (κ3) is 5.63. The topological polar surface area (TPSA) is 83.6 Å². The van der Waals surface area contributed by atoms with Gasteiger partial charge in [-0.2, -0.15) is 0 Å². The molecule has 7 nitrogen and oxygen atoms in total. The molecule has 1 heterocycles. The summed E-state index contributed by atoms with van der Waals surface area (Å²) in [5.74, 6) is 0.201. The summed E-state index contributed by atoms with van der Waals surface area (Å²) in [5.41, 5.74) is 2.32. The first-order valence-electron chi connectivity index (χ1n) is 7.94. The summed E-state index contributed by atoms with van der Waals surface area (Å²) in [7, 11) is 3.29. The van der Waals surface area contributed by atoms with Gasteiger partial charge >= 0.3 is 6.03 Å². The fourth-order valence-electron chi connectivity index (χ4n) is 2.02. The van der Waals surface area contributed by atoms with Crippen LogP contribution in [0.5, 0.6) is 5.75 Å². The van der Waals surface area contributed by atoms with Gasteiger partial charge in [0.1, 0.15) is 5.75 Å². The molecule has 0 saturated heterocycles. The Morgan fingerprint density at radius 1 is 1.27 bits per heavy atom. The number of likely N-dealkylation sites (N-methyl/N-ethyl adjacent to an activating group) is 1. The Labute approximate surface area is 157 Å². The molecule has 0 radical (unpaired) electrons. The van der Waals surface area contributed by atoms with Crippen molar-refractivity contribution in [2.24, 2.45) is 0 Å². The number of urea groups is 1. The SMILES string of the molecule is Cc1ncccc1CNC(=O)Nc1ccc(OCC(=O)N(C)C)c(Cl)c1. The van der Waals surface area contributed by atoms with Crippen molar-refractivity contribution in [3.05, 3.63) is 52.8 Å². The maximum absolute atomic E-state index is 12.0. The van der Waals surface area contributed by atoms with E-state index >= 15 is 0 Å². The maximum Gasteiger partial charge on any atom is 0.319 e. The number of anilines is 1. The van der Waals surface area contributed by atoms with E-state index < -0.39 is 0 Å². The highest BCUT2D eigenvalue weighted by atomic mass is 35.5. The monoisotopic (exact) mass is 376 g/mol. The van der Waals surface area contributed by atoms with E-state index in [0.717, 1.165) is 11.3 Å². The van der Waals surface area contributed by atoms with E-state index in [9.17, 15) is 9.59 Å². The predicted octanol–water partition coefficient (Wildman–Crippen LogP) is 2.83. The van der Waals surface area contributed by atoms with E-state index in [1.54, 1.807) is 38.5 Å². The van der Waals surface area contributed by atoms with Crippen LogP contribution in [0.1, 0.15) is 11.3 Å². The van der Waals surface area contributed by atoms with Gasteiger partial charge in [0.15, 0.2) is 6.61 Å². The Hall–Kier alpha value is -2.80. The molecule has 8 heteroatoms. The first-order valence-corrected chi connectivity index (χ1v) is 8.32. The third-order valence-corrected chi connectivity index (χ3v) is 3.89. The highest BCUT2D eigenvalue weighted by molar-refractivity contribution is 6.32. The highest BCUT2D eigenvalue weighted by Gasteiger charge is 2.10. The average Bonchev–Trinajstić information content (AvgIpc) is 2.60. The van der Waals surface area contributed by atoms with Crippen molar-refractivity contribution in [3.63, 3.8) is 0 Å². The minimum Gasteiger partial charge on any atom is -0.482 e. The minimum absolute atomic E-state index is 0.107. The third-order valence-electron chi connectivity index (χ3n) is 3.60. The molecule has 0 aliphatic heterocycles. The van der Waals surface area contributed by atoms with E-state index in [-0.39, 0.29) is 18.5 Å². The molecule has 0 fully saturated rings. The van der Waals surface area contributed by atoms with Gasteiger partial charge in [0.05, 0.1) is 5.02 Å². The van der Waals surface area contributed by atoms with Gasteiger partial charge in [0.2, 0.25) is 0 Å². The lowest BCUT2D eigenvalue weighted by Crippen LogP contribution is -2.28. The largest absolute Gasteiger partial charge is 0.482 e. The lowest BCUT2D eigenvalue weighted by atomic mass is 10.2. The Morgan fingerprint density at radius 3 is 2.69 bits per heavy atom. The zero-order valence-electron chi connectivity index (χ0n) is 14.9. The number of nitrogens with one attached hydrogen (secondary N) is 2. The summed E-state index contributed by atoms with van der Waals surface area (Å²) in [5, 5.41) is 5.76. The van der Waals surface area contributed by atoms with E-state index in [0.29, 0.717) is 23.0 Å². The first kappa shape index (κ1) is 19.5. The summed E-state index contributed by atoms with van der Waals surface area (Å²) < 4.78 is 5.38. The summed E-state index contributed by atoms with van der Waals surface area (Å²) >= 11 is 6.14. The van der Waals surface area contributed by atoms with Gasteiger partial charge in [-0.15, -0.1) is 0 Å². The van der Waals surface area contributed by atoms with Crippen molar-refractivity contribution < 1.29 is 14.3 Å². The second kappa shape index (κ2) is 9.05. The molecule has 26 heavy (non-hydrogen) atoms. The number of hydrogen-bond donors (Lipinski definition) is 2. The zero-order chi connectivity index (χ0) is 19.1. The standard InChI is InChI=1S/C18H21ClN4O3/c1-12-13(5-4-8-20-12)10-21-18(25)22-14-6-7-16(15(19)9-14)26-11-17(24)23(2)3/h4-9H,10-11H2,1-3H3,(H2,21,22,25). The number of aryl methyl sites for hydroxylation is 1. The molecular formula is C18H21ClN4O3. The smallest absolute Gasteiger partial charge is 0.319 e. The number of carbonyl (C=O) groups is 2. The Kier molecular flexibility index (Phi) is 6.80. The molecule has 3 amide bonds. The van der Waals surface area contributed by atoms with Crippen LogP contribution in [0.15, 0.2) is 36.5 Å². The highest BCUT2D eigenvalue weighted by Crippen LogP contribution is 2.27. The van der Waals surface area contributed by atoms with Gasteiger partial charge in [-0.05, 0) is 36.8 Å². The van der Waals surface area contributed by atoms with Crippen LogP contribution in [0, 0.1) is 6.92 Å². The molecule has 138 valence electrons. The molecule has 1 aromatic heterocycles. The van der Waals surface area contributed by atoms with Gasteiger partial charge in [-0.1, -0.05) is 17.7 Å². The number of benzene rings is 1. The number of rotatable bonds is 6. The number of pyridine rings is 1. The van der Waals surface area contributed by atoms with E-state index in [4.69, 9.17) is 16.3 Å². The van der Waals surface area contributed by atoms with Crippen molar-refractivity contribution in [2.75, 3.05) is 26.0 Å². The number of halogens is 1. The Balaban J connectivity index is 1.89. The van der Waals surface area contributed by atoms with Crippen molar-refractivity contribution in [1.29, 1.82) is 0 Å². The second-order valence-corrected chi connectivity index (χ2v) is 6.18. The molecule has 2 rings (SSSR count). The van der Waals surface area contributed by atoms with Crippen LogP contribution in [-0.4, -0.2) is 42.5 Å². The van der Waals surface area contributed by atoms with Gasteiger partial charge in [0.25, 0.3) is 5.91 Å². The number of carbonyl (C=O) groups excluding carboxylic acids is 2. The van der Waals surface area contributed by atoms with Crippen molar-refractivity contribution in [2.45, 2.75) is 13.5 Å². The van der Waals surface area contributed by atoms with Crippen LogP contribution < -0.4 is 15.4 Å². The summed E-state index contributed by atoms with van der Waals surface area (Å²) in [6.45, 7) is 2.14. The quantitative estimate of drug-likeness (QED) is 0.812. The first-order chi connectivity index (χ1) is 12.4. The zero-order valence-corrected chi connectivity index (χ0v) is 15.6. The molecule has 0 spiro atoms. The van der Waals surface area contributed by atoms with Crippen LogP contribution in [0.2, 0.25) is 5.02 Å². The predicted molar refractivity (Wildman–Crippen MR) is 100 cm³/mol. The lowest BCUT2D eigenvalue weighted by molar-refractivity contribution is -0.130. The van der Waals surface area contributed by atoms with Gasteiger partial charge in [-0.3, -0.25) is 9.78 Å². The van der Waals surface area contributed by atoms with Crippen molar-refractivity contribution >= 4 is 29.2 Å². The normalized spacial score (nSPS) is 10.2. The average molecular weight is 377 g/mol. The van der Waals surface area contributed by atoms with Gasteiger partial charge in [0, 0.05) is 38.2 Å². The molecule has 0 aliphatic carbocycles. The van der Waals surface area contributed by atoms with Crippen LogP contribution in [0.3, 0.4) is 0 Å². The lowest BCUT2D eigenvalue weighted by Gasteiger charge is -2.13. The number of amides is 3. The number of nitrogens with zero attached hydrogens (tertiary/aromatic N) is 2. The molecule has 0 unspecified atom stereocenters. The van der Waals surface area contributed by atoms with Crippen molar-refractivity contribution in [1.82, 2.24) is 15.2 Å². The fourth-order valence-corrected chi connectivity index (χ4v) is 2.25.